The van der Waals surface area contributed by atoms with Crippen molar-refractivity contribution < 1.29 is 18.3 Å². The fraction of sp³-hybridized carbons (Fsp3) is 0.577. The Morgan fingerprint density at radius 1 is 1.24 bits per heavy atom. The highest BCUT2D eigenvalue weighted by atomic mass is 35.5. The van der Waals surface area contributed by atoms with Crippen LogP contribution in [0.25, 0.3) is 0 Å². The van der Waals surface area contributed by atoms with Gasteiger partial charge in [0.15, 0.2) is 0 Å². The summed E-state index contributed by atoms with van der Waals surface area (Å²) in [5, 5.41) is 3.62. The smallest absolute Gasteiger partial charge is 0.324 e. The van der Waals surface area contributed by atoms with E-state index in [-0.39, 0.29) is 22.4 Å². The Bertz CT molecular complexity index is 1010. The van der Waals surface area contributed by atoms with Gasteiger partial charge in [-0.15, -0.1) is 0 Å². The lowest BCUT2D eigenvalue weighted by atomic mass is 9.66. The maximum atomic E-state index is 15.5. The predicted octanol–water partition coefficient (Wildman–Crippen LogP) is 6.33. The topological polar surface area (TPSA) is 64.3 Å². The zero-order chi connectivity index (χ0) is 25.6. The second-order valence-corrected chi connectivity index (χ2v) is 12.4. The third kappa shape index (κ3) is 5.67. The average Bonchev–Trinajstić information content (AvgIpc) is 2.95. The fourth-order valence-electron chi connectivity index (χ4n) is 4.97. The van der Waals surface area contributed by atoms with Gasteiger partial charge in [0.05, 0.1) is 10.6 Å². The molecule has 8 heteroatoms. The Morgan fingerprint density at radius 2 is 1.88 bits per heavy atom. The van der Waals surface area contributed by atoms with Crippen LogP contribution in [0.2, 0.25) is 5.02 Å². The van der Waals surface area contributed by atoms with Gasteiger partial charge in [0, 0.05) is 23.4 Å². The van der Waals surface area contributed by atoms with Crippen molar-refractivity contribution in [2.75, 3.05) is 0 Å². The molecule has 3 N–H and O–H groups in total. The number of allylic oxidation sites excluding steroid dienone is 3. The molecule has 1 saturated heterocycles. The molecular weight excluding hydrogens is 481 g/mol. The molecule has 1 aromatic carbocycles. The number of nitrogens with two attached hydrogens (primary N) is 1. The molecule has 0 aromatic heterocycles. The van der Waals surface area contributed by atoms with Crippen molar-refractivity contribution in [2.24, 2.45) is 11.1 Å². The van der Waals surface area contributed by atoms with Crippen molar-refractivity contribution in [1.82, 2.24) is 5.32 Å². The number of esters is 1. The first kappa shape index (κ1) is 27.1. The lowest BCUT2D eigenvalue weighted by Gasteiger charge is -2.42. The van der Waals surface area contributed by atoms with Crippen LogP contribution < -0.4 is 11.1 Å². The monoisotopic (exact) mass is 514 g/mol. The van der Waals surface area contributed by atoms with Crippen LogP contribution in [0.5, 0.6) is 0 Å². The molecule has 3 rings (SSSR count). The maximum absolute atomic E-state index is 15.5. The first-order chi connectivity index (χ1) is 15.5. The largest absolute Gasteiger partial charge is 0.459 e. The lowest BCUT2D eigenvalue weighted by molar-refractivity contribution is -0.157. The second-order valence-electron chi connectivity index (χ2n) is 11.5. The van der Waals surface area contributed by atoms with E-state index in [1.807, 2.05) is 20.8 Å². The summed E-state index contributed by atoms with van der Waals surface area (Å²) in [6.07, 6.45) is -0.300. The zero-order valence-electron chi connectivity index (χ0n) is 20.5. The number of halogens is 4. The molecule has 0 radical (unpaired) electrons. The molecule has 0 bridgehead atoms. The molecule has 2 aliphatic rings. The highest BCUT2D eigenvalue weighted by molar-refractivity contribution is 6.30. The average molecular weight is 515 g/mol. The maximum Gasteiger partial charge on any atom is 0.324 e. The molecule has 34 heavy (non-hydrogen) atoms. The van der Waals surface area contributed by atoms with E-state index in [0.717, 1.165) is 6.08 Å². The Morgan fingerprint density at radius 3 is 2.44 bits per heavy atom. The van der Waals surface area contributed by atoms with Crippen LogP contribution in [0.3, 0.4) is 0 Å². The third-order valence-electron chi connectivity index (χ3n) is 6.23. The molecule has 188 valence electrons. The van der Waals surface area contributed by atoms with Crippen LogP contribution in [0.1, 0.15) is 65.9 Å². The van der Waals surface area contributed by atoms with Crippen molar-refractivity contribution in [3.8, 4) is 0 Å². The van der Waals surface area contributed by atoms with Crippen molar-refractivity contribution in [1.29, 1.82) is 0 Å². The SMILES string of the molecule is CC(C)(C)CC1NC(C(=O)OC(C)(C)C)C(c2cccc(Cl)c2)C1(N)C1=CC(F)=C(Cl)CC1F. The van der Waals surface area contributed by atoms with Gasteiger partial charge in [0.25, 0.3) is 0 Å². The summed E-state index contributed by atoms with van der Waals surface area (Å²) in [7, 11) is 0. The van der Waals surface area contributed by atoms with E-state index in [0.29, 0.717) is 17.0 Å². The van der Waals surface area contributed by atoms with Crippen LogP contribution >= 0.6 is 23.2 Å². The molecule has 1 aliphatic heterocycles. The highest BCUT2D eigenvalue weighted by Gasteiger charge is 2.60. The minimum atomic E-state index is -1.60. The standard InChI is InChI=1S/C26H34Cl2F2N2O2/c1-24(2,3)13-20-26(31,16-11-19(30)17(28)12-18(16)29)21(14-8-7-9-15(27)10-14)22(32-20)23(33)34-25(4,5)6/h7-11,18,20-22,32H,12-13,31H2,1-6H3. The minimum absolute atomic E-state index is 0.0761. The number of hydrogen-bond acceptors (Lipinski definition) is 4. The highest BCUT2D eigenvalue weighted by Crippen LogP contribution is 2.50. The van der Waals surface area contributed by atoms with Gasteiger partial charge >= 0.3 is 5.97 Å². The summed E-state index contributed by atoms with van der Waals surface area (Å²) in [5.74, 6) is -1.98. The zero-order valence-corrected chi connectivity index (χ0v) is 22.0. The van der Waals surface area contributed by atoms with Gasteiger partial charge in [0.2, 0.25) is 0 Å². The number of rotatable bonds is 4. The summed E-state index contributed by atoms with van der Waals surface area (Å²) in [6, 6.07) is 5.52. The molecule has 0 spiro atoms. The molecule has 5 unspecified atom stereocenters. The predicted molar refractivity (Wildman–Crippen MR) is 133 cm³/mol. The number of benzene rings is 1. The van der Waals surface area contributed by atoms with E-state index in [4.69, 9.17) is 33.7 Å². The number of nitrogens with one attached hydrogen (secondary N) is 1. The van der Waals surface area contributed by atoms with Gasteiger partial charge in [-0.05, 0) is 62.0 Å². The number of alkyl halides is 1. The molecule has 1 fully saturated rings. The summed E-state index contributed by atoms with van der Waals surface area (Å²) >= 11 is 12.2. The molecular formula is C26H34Cl2F2N2O2. The van der Waals surface area contributed by atoms with Gasteiger partial charge < -0.3 is 10.5 Å². The van der Waals surface area contributed by atoms with E-state index < -0.39 is 47.1 Å². The van der Waals surface area contributed by atoms with Crippen molar-refractivity contribution in [3.63, 3.8) is 0 Å². The summed E-state index contributed by atoms with van der Waals surface area (Å²) in [5.41, 5.74) is 5.45. The summed E-state index contributed by atoms with van der Waals surface area (Å²) < 4.78 is 35.9. The van der Waals surface area contributed by atoms with E-state index in [2.05, 4.69) is 5.32 Å². The van der Waals surface area contributed by atoms with Crippen molar-refractivity contribution >= 4 is 29.2 Å². The lowest BCUT2D eigenvalue weighted by Crippen LogP contribution is -2.58. The van der Waals surface area contributed by atoms with Gasteiger partial charge in [0.1, 0.15) is 23.6 Å². The van der Waals surface area contributed by atoms with E-state index in [9.17, 15) is 9.18 Å². The Balaban J connectivity index is 2.25. The minimum Gasteiger partial charge on any atom is -0.459 e. The van der Waals surface area contributed by atoms with E-state index in [1.54, 1.807) is 45.0 Å². The van der Waals surface area contributed by atoms with E-state index >= 15 is 4.39 Å². The Hall–Kier alpha value is -1.47. The molecule has 1 aromatic rings. The molecule has 1 aliphatic carbocycles. The second kappa shape index (κ2) is 9.53. The Labute approximate surface area is 210 Å². The number of carbonyl (C=O) groups excluding carboxylic acids is 1. The number of carbonyl (C=O) groups is 1. The summed E-state index contributed by atoms with van der Waals surface area (Å²) in [6.45, 7) is 11.4. The van der Waals surface area contributed by atoms with Crippen LogP contribution in [0, 0.1) is 5.41 Å². The summed E-state index contributed by atoms with van der Waals surface area (Å²) in [4.78, 5) is 13.4. The van der Waals surface area contributed by atoms with Crippen LogP contribution in [0.4, 0.5) is 8.78 Å². The molecule has 0 saturated carbocycles. The number of ether oxygens (including phenoxy) is 1. The molecule has 5 atom stereocenters. The van der Waals surface area contributed by atoms with Gasteiger partial charge in [-0.1, -0.05) is 56.1 Å². The normalized spacial score (nSPS) is 30.4. The fourth-order valence-corrected chi connectivity index (χ4v) is 5.36. The number of hydrogen-bond donors (Lipinski definition) is 2. The van der Waals surface area contributed by atoms with Gasteiger partial charge in [-0.25, -0.2) is 8.78 Å². The van der Waals surface area contributed by atoms with Crippen LogP contribution in [-0.4, -0.2) is 35.4 Å². The first-order valence-corrected chi connectivity index (χ1v) is 12.2. The van der Waals surface area contributed by atoms with E-state index in [1.165, 1.54) is 0 Å². The van der Waals surface area contributed by atoms with Crippen molar-refractivity contribution in [3.05, 3.63) is 57.4 Å². The van der Waals surface area contributed by atoms with Crippen molar-refractivity contribution in [2.45, 2.75) is 89.7 Å². The Kier molecular flexibility index (Phi) is 7.60. The quantitative estimate of drug-likeness (QED) is 0.460. The van der Waals surface area contributed by atoms with Crippen LogP contribution in [-0.2, 0) is 9.53 Å². The van der Waals surface area contributed by atoms with Crippen LogP contribution in [0.15, 0.2) is 46.8 Å². The molecule has 1 heterocycles. The molecule has 4 nitrogen and oxygen atoms in total. The van der Waals surface area contributed by atoms with Gasteiger partial charge in [-0.3, -0.25) is 10.1 Å². The first-order valence-electron chi connectivity index (χ1n) is 11.5. The third-order valence-corrected chi connectivity index (χ3v) is 6.80. The molecule has 0 amide bonds. The van der Waals surface area contributed by atoms with Gasteiger partial charge in [-0.2, -0.15) is 0 Å².